The lowest BCUT2D eigenvalue weighted by Gasteiger charge is -2.24. The molecular formula is C24H20Cl2FN5O. The molecular weight excluding hydrogens is 464 g/mol. The number of aryl methyl sites for hydroxylation is 1. The molecule has 2 aromatic heterocycles. The van der Waals surface area contributed by atoms with Gasteiger partial charge in [-0.05, 0) is 61.8 Å². The molecule has 9 heteroatoms. The van der Waals surface area contributed by atoms with Crippen LogP contribution in [0.2, 0.25) is 10.0 Å². The van der Waals surface area contributed by atoms with Gasteiger partial charge in [0.1, 0.15) is 17.8 Å². The van der Waals surface area contributed by atoms with E-state index < -0.39 is 5.82 Å². The second-order valence-corrected chi connectivity index (χ2v) is 8.36. The zero-order valence-electron chi connectivity index (χ0n) is 17.9. The molecule has 2 heterocycles. The monoisotopic (exact) mass is 483 g/mol. The van der Waals surface area contributed by atoms with Gasteiger partial charge < -0.3 is 5.32 Å². The highest BCUT2D eigenvalue weighted by molar-refractivity contribution is 6.34. The number of halogens is 3. The van der Waals surface area contributed by atoms with Gasteiger partial charge in [-0.15, -0.1) is 0 Å². The van der Waals surface area contributed by atoms with E-state index in [1.165, 1.54) is 23.0 Å². The number of nitrogens with zero attached hydrogens (tertiary/aromatic N) is 4. The number of aromatic nitrogens is 3. The maximum Gasteiger partial charge on any atom is 0.263 e. The molecule has 168 valence electrons. The summed E-state index contributed by atoms with van der Waals surface area (Å²) in [6.45, 7) is 7.40. The van der Waals surface area contributed by atoms with Crippen LogP contribution in [-0.2, 0) is 0 Å². The third kappa shape index (κ3) is 4.47. The summed E-state index contributed by atoms with van der Waals surface area (Å²) in [6, 6.07) is 10.5. The molecule has 0 aliphatic carbocycles. The molecule has 0 aliphatic heterocycles. The zero-order chi connectivity index (χ0) is 23.7. The van der Waals surface area contributed by atoms with Gasteiger partial charge in [0, 0.05) is 15.7 Å². The first kappa shape index (κ1) is 22.9. The standard InChI is InChI=1S/C24H20Cl2FN5O/c1-4-20(31-23-22(28-3)13(2)29-12-30-23)21-7-14-5-6-17(27)11-19(14)24(33)32(21)18-9-15(25)8-16(26)10-18/h5-12,20H,3-4H2,1-2H3,(H,29,30,31)/t20-/m0/s1. The van der Waals surface area contributed by atoms with Crippen LogP contribution in [0.25, 0.3) is 16.5 Å². The van der Waals surface area contributed by atoms with Crippen molar-refractivity contribution in [2.45, 2.75) is 26.3 Å². The van der Waals surface area contributed by atoms with Crippen molar-refractivity contribution in [3.63, 3.8) is 0 Å². The Morgan fingerprint density at radius 2 is 1.88 bits per heavy atom. The Labute approximate surface area is 199 Å². The van der Waals surface area contributed by atoms with E-state index in [9.17, 15) is 9.18 Å². The second-order valence-electron chi connectivity index (χ2n) is 7.49. The van der Waals surface area contributed by atoms with E-state index >= 15 is 0 Å². The van der Waals surface area contributed by atoms with Gasteiger partial charge in [-0.1, -0.05) is 36.2 Å². The molecule has 6 nitrogen and oxygen atoms in total. The summed E-state index contributed by atoms with van der Waals surface area (Å²) in [5, 5.41) is 4.97. The molecule has 0 unspecified atom stereocenters. The lowest BCUT2D eigenvalue weighted by atomic mass is 10.0. The van der Waals surface area contributed by atoms with Crippen LogP contribution in [0.1, 0.15) is 30.8 Å². The Kier molecular flexibility index (Phi) is 6.44. The predicted molar refractivity (Wildman–Crippen MR) is 132 cm³/mol. The first-order valence-electron chi connectivity index (χ1n) is 10.2. The van der Waals surface area contributed by atoms with E-state index in [1.54, 1.807) is 24.3 Å². The summed E-state index contributed by atoms with van der Waals surface area (Å²) in [5.41, 5.74) is 1.91. The quantitative estimate of drug-likeness (QED) is 0.320. The van der Waals surface area contributed by atoms with Crippen molar-refractivity contribution in [3.8, 4) is 5.69 Å². The largest absolute Gasteiger partial charge is 0.360 e. The fourth-order valence-corrected chi connectivity index (χ4v) is 4.32. The van der Waals surface area contributed by atoms with E-state index in [1.807, 2.05) is 19.9 Å². The minimum Gasteiger partial charge on any atom is -0.360 e. The molecule has 4 aromatic rings. The molecule has 0 aliphatic rings. The summed E-state index contributed by atoms with van der Waals surface area (Å²) in [6.07, 6.45) is 2.03. The van der Waals surface area contributed by atoms with Crippen molar-refractivity contribution in [1.82, 2.24) is 14.5 Å². The van der Waals surface area contributed by atoms with E-state index in [2.05, 4.69) is 27.0 Å². The summed E-state index contributed by atoms with van der Waals surface area (Å²) >= 11 is 12.5. The van der Waals surface area contributed by atoms with Gasteiger partial charge in [0.05, 0.1) is 22.8 Å². The lowest BCUT2D eigenvalue weighted by molar-refractivity contribution is 0.629. The van der Waals surface area contributed by atoms with Crippen LogP contribution in [-0.4, -0.2) is 21.3 Å². The minimum atomic E-state index is -0.494. The number of benzene rings is 2. The SMILES string of the molecule is C=Nc1c(C)ncnc1N[C@@H](CC)c1cc2ccc(F)cc2c(=O)n1-c1cc(Cl)cc(Cl)c1. The number of hydrogen-bond donors (Lipinski definition) is 1. The molecule has 4 rings (SSSR count). The number of rotatable bonds is 6. The number of anilines is 1. The average Bonchev–Trinajstić information content (AvgIpc) is 2.77. The molecule has 1 atom stereocenters. The number of pyridine rings is 1. The minimum absolute atomic E-state index is 0.246. The second kappa shape index (κ2) is 9.29. The molecule has 0 spiro atoms. The lowest BCUT2D eigenvalue weighted by Crippen LogP contribution is -2.26. The van der Waals surface area contributed by atoms with Crippen molar-refractivity contribution >= 4 is 52.2 Å². The fourth-order valence-electron chi connectivity index (χ4n) is 3.80. The van der Waals surface area contributed by atoms with Crippen molar-refractivity contribution < 1.29 is 4.39 Å². The van der Waals surface area contributed by atoms with Crippen molar-refractivity contribution in [1.29, 1.82) is 0 Å². The van der Waals surface area contributed by atoms with E-state index in [0.29, 0.717) is 50.4 Å². The first-order valence-corrected chi connectivity index (χ1v) is 10.9. The van der Waals surface area contributed by atoms with E-state index in [-0.39, 0.29) is 17.0 Å². The normalized spacial score (nSPS) is 12.0. The van der Waals surface area contributed by atoms with Crippen LogP contribution < -0.4 is 10.9 Å². The van der Waals surface area contributed by atoms with Gasteiger partial charge in [0.2, 0.25) is 0 Å². The van der Waals surface area contributed by atoms with Crippen molar-refractivity contribution in [3.05, 3.63) is 86.4 Å². The Balaban J connectivity index is 1.99. The average molecular weight is 484 g/mol. The summed E-state index contributed by atoms with van der Waals surface area (Å²) in [5.74, 6) is -0.00182. The van der Waals surface area contributed by atoms with Crippen LogP contribution in [0.3, 0.4) is 0 Å². The highest BCUT2D eigenvalue weighted by Gasteiger charge is 2.21. The molecule has 0 saturated heterocycles. The Morgan fingerprint density at radius 3 is 2.55 bits per heavy atom. The Morgan fingerprint density at radius 1 is 1.15 bits per heavy atom. The molecule has 33 heavy (non-hydrogen) atoms. The molecule has 1 N–H and O–H groups in total. The summed E-state index contributed by atoms with van der Waals surface area (Å²) in [4.78, 5) is 26.1. The smallest absolute Gasteiger partial charge is 0.263 e. The van der Waals surface area contributed by atoms with Gasteiger partial charge >= 0.3 is 0 Å². The molecule has 0 saturated carbocycles. The van der Waals surface area contributed by atoms with E-state index in [0.717, 1.165) is 0 Å². The van der Waals surface area contributed by atoms with Crippen LogP contribution in [0.4, 0.5) is 15.9 Å². The van der Waals surface area contributed by atoms with E-state index in [4.69, 9.17) is 23.2 Å². The third-order valence-electron chi connectivity index (χ3n) is 5.36. The third-order valence-corrected chi connectivity index (χ3v) is 5.79. The fraction of sp³-hybridized carbons (Fsp3) is 0.167. The van der Waals surface area contributed by atoms with Crippen LogP contribution in [0.15, 0.2) is 58.6 Å². The van der Waals surface area contributed by atoms with Gasteiger partial charge in [-0.3, -0.25) is 14.4 Å². The topological polar surface area (TPSA) is 72.2 Å². The molecule has 0 bridgehead atoms. The van der Waals surface area contributed by atoms with Gasteiger partial charge in [0.15, 0.2) is 5.82 Å². The first-order chi connectivity index (χ1) is 15.8. The summed E-state index contributed by atoms with van der Waals surface area (Å²) < 4.78 is 15.5. The summed E-state index contributed by atoms with van der Waals surface area (Å²) in [7, 11) is 0. The highest BCUT2D eigenvalue weighted by atomic mass is 35.5. The van der Waals surface area contributed by atoms with Crippen molar-refractivity contribution in [2.24, 2.45) is 4.99 Å². The number of hydrogen-bond acceptors (Lipinski definition) is 5. The molecule has 0 radical (unpaired) electrons. The highest BCUT2D eigenvalue weighted by Crippen LogP contribution is 2.32. The van der Waals surface area contributed by atoms with Crippen LogP contribution >= 0.6 is 23.2 Å². The maximum absolute atomic E-state index is 14.0. The zero-order valence-corrected chi connectivity index (χ0v) is 19.5. The Hall–Kier alpha value is -3.29. The van der Waals surface area contributed by atoms with Gasteiger partial charge in [0.25, 0.3) is 5.56 Å². The molecule has 0 amide bonds. The molecule has 2 aromatic carbocycles. The van der Waals surface area contributed by atoms with Crippen LogP contribution in [0.5, 0.6) is 0 Å². The van der Waals surface area contributed by atoms with Crippen LogP contribution in [0, 0.1) is 12.7 Å². The number of fused-ring (bicyclic) bond motifs is 1. The van der Waals surface area contributed by atoms with Gasteiger partial charge in [-0.25, -0.2) is 14.4 Å². The Bertz CT molecular complexity index is 1420. The predicted octanol–water partition coefficient (Wildman–Crippen LogP) is 6.43. The molecule has 0 fully saturated rings. The number of nitrogens with one attached hydrogen (secondary N) is 1. The van der Waals surface area contributed by atoms with Gasteiger partial charge in [-0.2, -0.15) is 0 Å². The maximum atomic E-state index is 14.0. The van der Waals surface area contributed by atoms with Crippen molar-refractivity contribution in [2.75, 3.05) is 5.32 Å². The number of aliphatic imine (C=N–C) groups is 1.